The zero-order chi connectivity index (χ0) is 15.4. The fourth-order valence-corrected chi connectivity index (χ4v) is 2.00. The number of nitrogens with one attached hydrogen (secondary N) is 1. The van der Waals surface area contributed by atoms with Crippen LogP contribution in [-0.2, 0) is 16.0 Å². The quantitative estimate of drug-likeness (QED) is 0.826. The van der Waals surface area contributed by atoms with Crippen LogP contribution in [0.3, 0.4) is 0 Å². The maximum Gasteiger partial charge on any atom is 0.401 e. The van der Waals surface area contributed by atoms with Crippen molar-refractivity contribution in [2.75, 3.05) is 13.7 Å². The van der Waals surface area contributed by atoms with Crippen molar-refractivity contribution in [2.45, 2.75) is 25.1 Å². The van der Waals surface area contributed by atoms with Crippen molar-refractivity contribution in [2.24, 2.45) is 0 Å². The first-order valence-corrected chi connectivity index (χ1v) is 6.60. The summed E-state index contributed by atoms with van der Waals surface area (Å²) in [5.41, 5.74) is -0.700. The van der Waals surface area contributed by atoms with Crippen LogP contribution < -0.4 is 5.32 Å². The van der Waals surface area contributed by atoms with Crippen molar-refractivity contribution < 1.29 is 22.7 Å². The molecular formula is C13H15BrF3NO2. The normalized spacial score (nSPS) is 14.7. The Hall–Kier alpha value is -1.08. The molecule has 1 unspecified atom stereocenters. The number of carbonyl (C=O) groups excluding carboxylic acids is 1. The minimum absolute atomic E-state index is 0.100. The van der Waals surface area contributed by atoms with Gasteiger partial charge in [0, 0.05) is 10.9 Å². The molecule has 0 bridgehead atoms. The maximum absolute atomic E-state index is 12.3. The lowest BCUT2D eigenvalue weighted by Gasteiger charge is -2.28. The highest BCUT2D eigenvalue weighted by Gasteiger charge is 2.38. The molecule has 0 aromatic heterocycles. The van der Waals surface area contributed by atoms with Crippen LogP contribution in [0.5, 0.6) is 0 Å². The van der Waals surface area contributed by atoms with Crippen LogP contribution >= 0.6 is 15.9 Å². The van der Waals surface area contributed by atoms with Gasteiger partial charge in [-0.05, 0) is 24.6 Å². The van der Waals surface area contributed by atoms with E-state index in [1.54, 1.807) is 24.3 Å². The minimum Gasteiger partial charge on any atom is -0.468 e. The predicted molar refractivity (Wildman–Crippen MR) is 72.3 cm³/mol. The molecule has 7 heteroatoms. The molecule has 0 amide bonds. The van der Waals surface area contributed by atoms with Crippen LogP contribution in [0.4, 0.5) is 13.2 Å². The fourth-order valence-electron chi connectivity index (χ4n) is 1.74. The van der Waals surface area contributed by atoms with E-state index in [1.807, 2.05) is 0 Å². The number of esters is 1. The highest BCUT2D eigenvalue weighted by atomic mass is 79.9. The molecule has 3 nitrogen and oxygen atoms in total. The number of ether oxygens (including phenoxy) is 1. The number of halogens is 4. The van der Waals surface area contributed by atoms with Gasteiger partial charge in [0.25, 0.3) is 0 Å². The van der Waals surface area contributed by atoms with Gasteiger partial charge in [-0.15, -0.1) is 0 Å². The molecule has 1 N–H and O–H groups in total. The molecule has 1 atom stereocenters. The Labute approximate surface area is 123 Å². The molecule has 0 aliphatic carbocycles. The average molecular weight is 354 g/mol. The summed E-state index contributed by atoms with van der Waals surface area (Å²) in [7, 11) is 1.15. The second-order valence-electron chi connectivity index (χ2n) is 4.60. The summed E-state index contributed by atoms with van der Waals surface area (Å²) in [6.45, 7) is 0.141. The molecule has 0 aliphatic heterocycles. The van der Waals surface area contributed by atoms with Gasteiger partial charge in [-0.2, -0.15) is 13.2 Å². The van der Waals surface area contributed by atoms with Crippen molar-refractivity contribution in [3.8, 4) is 0 Å². The molecule has 0 radical (unpaired) electrons. The number of rotatable bonds is 5. The van der Waals surface area contributed by atoms with Crippen LogP contribution in [0, 0.1) is 0 Å². The summed E-state index contributed by atoms with van der Waals surface area (Å²) in [5, 5.41) is 2.24. The van der Waals surface area contributed by atoms with Crippen molar-refractivity contribution in [3.63, 3.8) is 0 Å². The molecule has 0 aliphatic rings. The summed E-state index contributed by atoms with van der Waals surface area (Å²) in [6.07, 6.45) is -4.29. The Morgan fingerprint density at radius 2 is 1.85 bits per heavy atom. The van der Waals surface area contributed by atoms with Gasteiger partial charge in [0.2, 0.25) is 0 Å². The van der Waals surface area contributed by atoms with E-state index in [0.717, 1.165) is 17.1 Å². The first-order valence-electron chi connectivity index (χ1n) is 5.81. The van der Waals surface area contributed by atoms with Crippen molar-refractivity contribution in [1.82, 2.24) is 5.32 Å². The number of methoxy groups -OCH3 is 1. The molecule has 112 valence electrons. The fraction of sp³-hybridized carbons (Fsp3) is 0.462. The molecule has 1 aromatic rings. The molecule has 1 rings (SSSR count). The minimum atomic E-state index is -4.39. The zero-order valence-electron chi connectivity index (χ0n) is 11.1. The molecule has 0 spiro atoms. The van der Waals surface area contributed by atoms with Crippen LogP contribution in [0.15, 0.2) is 28.7 Å². The van der Waals surface area contributed by atoms with Crippen LogP contribution in [0.25, 0.3) is 0 Å². The van der Waals surface area contributed by atoms with Gasteiger partial charge in [-0.25, -0.2) is 0 Å². The van der Waals surface area contributed by atoms with Gasteiger partial charge in [0.15, 0.2) is 0 Å². The molecule has 0 saturated carbocycles. The molecule has 0 saturated heterocycles. The summed E-state index contributed by atoms with van der Waals surface area (Å²) < 4.78 is 42.4. The second-order valence-corrected chi connectivity index (χ2v) is 5.51. The van der Waals surface area contributed by atoms with Gasteiger partial charge >= 0.3 is 12.1 Å². The predicted octanol–water partition coefficient (Wildman–Crippen LogP) is 3.08. The van der Waals surface area contributed by atoms with Crippen LogP contribution in [0.2, 0.25) is 0 Å². The summed E-state index contributed by atoms with van der Waals surface area (Å²) in [4.78, 5) is 11.8. The van der Waals surface area contributed by atoms with E-state index in [9.17, 15) is 18.0 Å². The second kappa shape index (κ2) is 6.58. The highest BCUT2D eigenvalue weighted by Crippen LogP contribution is 2.20. The first kappa shape index (κ1) is 17.0. The van der Waals surface area contributed by atoms with Crippen LogP contribution in [0.1, 0.15) is 12.5 Å². The Bertz CT molecular complexity index is 462. The van der Waals surface area contributed by atoms with E-state index in [-0.39, 0.29) is 6.42 Å². The highest BCUT2D eigenvalue weighted by molar-refractivity contribution is 9.10. The van der Waals surface area contributed by atoms with E-state index in [2.05, 4.69) is 26.0 Å². The zero-order valence-corrected chi connectivity index (χ0v) is 12.6. The van der Waals surface area contributed by atoms with E-state index in [4.69, 9.17) is 0 Å². The van der Waals surface area contributed by atoms with Crippen LogP contribution in [-0.4, -0.2) is 31.3 Å². The number of hydrogen-bond donors (Lipinski definition) is 1. The number of alkyl halides is 3. The van der Waals surface area contributed by atoms with Crippen molar-refractivity contribution >= 4 is 21.9 Å². The van der Waals surface area contributed by atoms with E-state index < -0.39 is 24.2 Å². The largest absolute Gasteiger partial charge is 0.468 e. The summed E-state index contributed by atoms with van der Waals surface area (Å²) >= 11 is 3.27. The average Bonchev–Trinajstić information content (AvgIpc) is 2.37. The Balaban J connectivity index is 2.88. The number of benzene rings is 1. The summed E-state index contributed by atoms with van der Waals surface area (Å²) in [6, 6.07) is 6.99. The monoisotopic (exact) mass is 353 g/mol. The van der Waals surface area contributed by atoms with Gasteiger partial charge in [-0.1, -0.05) is 28.1 Å². The molecule has 0 fully saturated rings. The lowest BCUT2D eigenvalue weighted by molar-refractivity contribution is -0.152. The standard InChI is InChI=1S/C13H15BrF3NO2/c1-12(11(19)20-2,18-8-13(15,16)17)7-9-3-5-10(14)6-4-9/h3-6,18H,7-8H2,1-2H3. The van der Waals surface area contributed by atoms with Crippen molar-refractivity contribution in [1.29, 1.82) is 0 Å². The number of hydrogen-bond acceptors (Lipinski definition) is 3. The third-order valence-corrected chi connectivity index (χ3v) is 3.31. The Morgan fingerprint density at radius 1 is 1.30 bits per heavy atom. The topological polar surface area (TPSA) is 38.3 Å². The SMILES string of the molecule is COC(=O)C(C)(Cc1ccc(Br)cc1)NCC(F)(F)F. The molecule has 1 aromatic carbocycles. The van der Waals surface area contributed by atoms with Gasteiger partial charge in [0.1, 0.15) is 5.54 Å². The van der Waals surface area contributed by atoms with Gasteiger partial charge in [0.05, 0.1) is 13.7 Å². The lowest BCUT2D eigenvalue weighted by atomic mass is 9.92. The lowest BCUT2D eigenvalue weighted by Crippen LogP contribution is -2.54. The molecule has 20 heavy (non-hydrogen) atoms. The number of carbonyl (C=O) groups is 1. The van der Waals surface area contributed by atoms with Crippen molar-refractivity contribution in [3.05, 3.63) is 34.3 Å². The third-order valence-electron chi connectivity index (χ3n) is 2.79. The Kier molecular flexibility index (Phi) is 5.59. The molecule has 0 heterocycles. The van der Waals surface area contributed by atoms with E-state index >= 15 is 0 Å². The first-order chi connectivity index (χ1) is 9.16. The third kappa shape index (κ3) is 5.13. The molecular weight excluding hydrogens is 339 g/mol. The van der Waals surface area contributed by atoms with Gasteiger partial charge in [-0.3, -0.25) is 10.1 Å². The Morgan fingerprint density at radius 3 is 2.30 bits per heavy atom. The summed E-state index contributed by atoms with van der Waals surface area (Å²) in [5.74, 6) is -0.732. The van der Waals surface area contributed by atoms with E-state index in [1.165, 1.54) is 6.92 Å². The van der Waals surface area contributed by atoms with Gasteiger partial charge < -0.3 is 4.74 Å². The van der Waals surface area contributed by atoms with E-state index in [0.29, 0.717) is 0 Å². The smallest absolute Gasteiger partial charge is 0.401 e. The maximum atomic E-state index is 12.3.